The second-order valence-electron chi connectivity index (χ2n) is 3.97. The molecule has 0 saturated heterocycles. The zero-order chi connectivity index (χ0) is 14.7. The molecule has 0 bridgehead atoms. The summed E-state index contributed by atoms with van der Waals surface area (Å²) in [5.41, 5.74) is 5.49. The third kappa shape index (κ3) is 2.77. The Balaban J connectivity index is 2.42. The van der Waals surface area contributed by atoms with Crippen molar-refractivity contribution >= 4 is 29.0 Å². The zero-order valence-corrected chi connectivity index (χ0v) is 11.4. The van der Waals surface area contributed by atoms with Gasteiger partial charge in [0, 0.05) is 11.8 Å². The van der Waals surface area contributed by atoms with Crippen molar-refractivity contribution in [2.24, 2.45) is 5.73 Å². The number of nitrogens with zero attached hydrogens (tertiary/aromatic N) is 2. The molecule has 104 valence electrons. The van der Waals surface area contributed by atoms with Crippen LogP contribution in [0.15, 0.2) is 23.4 Å². The smallest absolute Gasteiger partial charge is 0.272 e. The van der Waals surface area contributed by atoms with Crippen LogP contribution >= 0.6 is 11.6 Å². The van der Waals surface area contributed by atoms with E-state index >= 15 is 0 Å². The Morgan fingerprint density at radius 1 is 1.55 bits per heavy atom. The molecule has 0 atom stereocenters. The van der Waals surface area contributed by atoms with Crippen LogP contribution < -0.4 is 16.6 Å². The highest BCUT2D eigenvalue weighted by Crippen LogP contribution is 2.19. The summed E-state index contributed by atoms with van der Waals surface area (Å²) in [4.78, 5) is 33.3. The van der Waals surface area contributed by atoms with Gasteiger partial charge in [-0.25, -0.2) is 9.97 Å². The maximum Gasteiger partial charge on any atom is 0.272 e. The number of pyridine rings is 1. The second-order valence-corrected chi connectivity index (χ2v) is 4.38. The number of rotatable bonds is 4. The van der Waals surface area contributed by atoms with Gasteiger partial charge in [0.25, 0.3) is 11.5 Å². The summed E-state index contributed by atoms with van der Waals surface area (Å²) in [6.07, 6.45) is 3.73. The third-order valence-corrected chi connectivity index (χ3v) is 2.96. The van der Waals surface area contributed by atoms with Crippen LogP contribution in [0.1, 0.15) is 23.0 Å². The Morgan fingerprint density at radius 3 is 2.95 bits per heavy atom. The highest BCUT2D eigenvalue weighted by atomic mass is 35.5. The molecule has 0 aliphatic heterocycles. The lowest BCUT2D eigenvalue weighted by atomic mass is 10.2. The Kier molecular flexibility index (Phi) is 3.99. The van der Waals surface area contributed by atoms with E-state index in [1.807, 2.05) is 6.92 Å². The lowest BCUT2D eigenvalue weighted by molar-refractivity contribution is 0.0995. The summed E-state index contributed by atoms with van der Waals surface area (Å²) in [5.74, 6) is -0.286. The monoisotopic (exact) mass is 293 g/mol. The number of amides is 1. The van der Waals surface area contributed by atoms with Gasteiger partial charge in [-0.2, -0.15) is 0 Å². The average molecular weight is 294 g/mol. The van der Waals surface area contributed by atoms with Gasteiger partial charge in [0.05, 0.1) is 5.02 Å². The first-order valence-electron chi connectivity index (χ1n) is 5.81. The van der Waals surface area contributed by atoms with E-state index in [2.05, 4.69) is 20.3 Å². The first kappa shape index (κ1) is 14.0. The standard InChI is InChI=1S/C12H12ClN5O2/c1-2-6-4-15-5-16-11(6)17-8-3-7(13)9(10(14)19)18-12(8)20/h3-5H,2H2,1H3,(H2,14,19)(H,18,20)(H,15,16,17). The van der Waals surface area contributed by atoms with Crippen molar-refractivity contribution < 1.29 is 4.79 Å². The Labute approximate surface area is 119 Å². The molecular formula is C12H12ClN5O2. The summed E-state index contributed by atoms with van der Waals surface area (Å²) < 4.78 is 0. The SMILES string of the molecule is CCc1cncnc1Nc1cc(Cl)c(C(N)=O)[nH]c1=O. The van der Waals surface area contributed by atoms with Crippen LogP contribution in [0, 0.1) is 0 Å². The molecule has 8 heteroatoms. The number of halogens is 1. The normalized spacial score (nSPS) is 10.3. The molecule has 7 nitrogen and oxygen atoms in total. The molecule has 0 aliphatic rings. The third-order valence-electron chi connectivity index (χ3n) is 2.66. The summed E-state index contributed by atoms with van der Waals surface area (Å²) in [5, 5.41) is 2.93. The fourth-order valence-corrected chi connectivity index (χ4v) is 1.88. The van der Waals surface area contributed by atoms with Crippen molar-refractivity contribution in [3.63, 3.8) is 0 Å². The highest BCUT2D eigenvalue weighted by Gasteiger charge is 2.12. The first-order chi connectivity index (χ1) is 9.52. The molecule has 0 spiro atoms. The predicted octanol–water partition coefficient (Wildman–Crippen LogP) is 1.22. The number of aryl methyl sites for hydroxylation is 1. The summed E-state index contributed by atoms with van der Waals surface area (Å²) >= 11 is 5.89. The number of anilines is 2. The number of H-pyrrole nitrogens is 1. The summed E-state index contributed by atoms with van der Waals surface area (Å²) in [6.45, 7) is 1.94. The minimum absolute atomic E-state index is 0.0618. The molecule has 2 heterocycles. The summed E-state index contributed by atoms with van der Waals surface area (Å²) in [7, 11) is 0. The topological polar surface area (TPSA) is 114 Å². The van der Waals surface area contributed by atoms with E-state index in [1.54, 1.807) is 6.20 Å². The number of hydrogen-bond acceptors (Lipinski definition) is 5. The number of aromatic nitrogens is 3. The first-order valence-corrected chi connectivity index (χ1v) is 6.19. The molecule has 0 unspecified atom stereocenters. The van der Waals surface area contributed by atoms with Crippen molar-refractivity contribution in [2.45, 2.75) is 13.3 Å². The number of carbonyl (C=O) groups excluding carboxylic acids is 1. The van der Waals surface area contributed by atoms with E-state index in [0.717, 1.165) is 5.56 Å². The molecule has 0 aromatic carbocycles. The van der Waals surface area contributed by atoms with Crippen molar-refractivity contribution in [2.75, 3.05) is 5.32 Å². The van der Waals surface area contributed by atoms with Gasteiger partial charge < -0.3 is 16.0 Å². The maximum absolute atomic E-state index is 11.9. The van der Waals surface area contributed by atoms with E-state index in [9.17, 15) is 9.59 Å². The molecule has 0 radical (unpaired) electrons. The Morgan fingerprint density at radius 2 is 2.30 bits per heavy atom. The van der Waals surface area contributed by atoms with Gasteiger partial charge >= 0.3 is 0 Å². The predicted molar refractivity (Wildman–Crippen MR) is 75.3 cm³/mol. The molecule has 1 amide bonds. The number of primary amides is 1. The van der Waals surface area contributed by atoms with Gasteiger partial charge in [0.1, 0.15) is 23.5 Å². The zero-order valence-electron chi connectivity index (χ0n) is 10.6. The number of carbonyl (C=O) groups is 1. The van der Waals surface area contributed by atoms with Crippen LogP contribution in [0.4, 0.5) is 11.5 Å². The maximum atomic E-state index is 11.9. The largest absolute Gasteiger partial charge is 0.364 e. The molecule has 2 aromatic heterocycles. The van der Waals surface area contributed by atoms with Gasteiger partial charge in [-0.15, -0.1) is 0 Å². The van der Waals surface area contributed by atoms with Crippen molar-refractivity contribution in [3.05, 3.63) is 45.2 Å². The molecule has 2 rings (SSSR count). The Hall–Kier alpha value is -2.41. The quantitative estimate of drug-likeness (QED) is 0.784. The Bertz CT molecular complexity index is 713. The molecule has 4 N–H and O–H groups in total. The molecule has 2 aromatic rings. The molecule has 0 saturated carbocycles. The van der Waals surface area contributed by atoms with Gasteiger partial charge in [0.2, 0.25) is 0 Å². The lowest BCUT2D eigenvalue weighted by Crippen LogP contribution is -2.21. The van der Waals surface area contributed by atoms with Crippen molar-refractivity contribution in [1.29, 1.82) is 0 Å². The van der Waals surface area contributed by atoms with Crippen LogP contribution in [-0.2, 0) is 6.42 Å². The van der Waals surface area contributed by atoms with E-state index in [-0.39, 0.29) is 16.4 Å². The average Bonchev–Trinajstić information content (AvgIpc) is 2.42. The van der Waals surface area contributed by atoms with Gasteiger partial charge in [-0.1, -0.05) is 18.5 Å². The molecule has 0 aliphatic carbocycles. The van der Waals surface area contributed by atoms with E-state index in [4.69, 9.17) is 17.3 Å². The van der Waals surface area contributed by atoms with E-state index < -0.39 is 11.5 Å². The number of hydrogen-bond donors (Lipinski definition) is 3. The second kappa shape index (κ2) is 5.70. The number of nitrogens with two attached hydrogens (primary N) is 1. The highest BCUT2D eigenvalue weighted by molar-refractivity contribution is 6.33. The van der Waals surface area contributed by atoms with Crippen LogP contribution in [0.25, 0.3) is 0 Å². The van der Waals surface area contributed by atoms with Crippen LogP contribution in [-0.4, -0.2) is 20.9 Å². The molecule has 0 fully saturated rings. The fourth-order valence-electron chi connectivity index (χ4n) is 1.63. The summed E-state index contributed by atoms with van der Waals surface area (Å²) in [6, 6.07) is 1.34. The fraction of sp³-hybridized carbons (Fsp3) is 0.167. The molecular weight excluding hydrogens is 282 g/mol. The van der Waals surface area contributed by atoms with Gasteiger partial charge in [-0.3, -0.25) is 9.59 Å². The minimum atomic E-state index is -0.796. The lowest BCUT2D eigenvalue weighted by Gasteiger charge is -2.09. The van der Waals surface area contributed by atoms with Gasteiger partial charge in [0.15, 0.2) is 0 Å². The van der Waals surface area contributed by atoms with Crippen LogP contribution in [0.5, 0.6) is 0 Å². The van der Waals surface area contributed by atoms with Crippen molar-refractivity contribution in [1.82, 2.24) is 15.0 Å². The minimum Gasteiger partial charge on any atom is -0.364 e. The van der Waals surface area contributed by atoms with Crippen molar-refractivity contribution in [3.8, 4) is 0 Å². The molecule has 20 heavy (non-hydrogen) atoms. The van der Waals surface area contributed by atoms with Crippen LogP contribution in [0.3, 0.4) is 0 Å². The van der Waals surface area contributed by atoms with Crippen LogP contribution in [0.2, 0.25) is 5.02 Å². The van der Waals surface area contributed by atoms with E-state index in [1.165, 1.54) is 12.4 Å². The van der Waals surface area contributed by atoms with Gasteiger partial charge in [-0.05, 0) is 12.5 Å². The number of nitrogens with one attached hydrogen (secondary N) is 2. The number of aromatic amines is 1. The van der Waals surface area contributed by atoms with E-state index in [0.29, 0.717) is 12.2 Å².